The summed E-state index contributed by atoms with van der Waals surface area (Å²) in [5, 5.41) is 4.30. The van der Waals surface area contributed by atoms with E-state index in [0.29, 0.717) is 24.1 Å². The van der Waals surface area contributed by atoms with Crippen molar-refractivity contribution in [3.05, 3.63) is 11.8 Å². The molecule has 4 rings (SSSR count). The van der Waals surface area contributed by atoms with Crippen LogP contribution < -0.4 is 5.73 Å². The minimum atomic E-state index is 0.0717. The summed E-state index contributed by atoms with van der Waals surface area (Å²) >= 11 is 0. The van der Waals surface area contributed by atoms with Crippen molar-refractivity contribution in [2.45, 2.75) is 52.0 Å². The number of rotatable bonds is 4. The van der Waals surface area contributed by atoms with Crippen LogP contribution >= 0.6 is 0 Å². The molecule has 3 aliphatic rings. The Hall–Kier alpha value is -2.05. The SMILES string of the molecule is Cc1cc(N)n(CC(=O)N2CCC[C@]3(CCC(=O)N(CC4CC4)C3)C2)n1. The van der Waals surface area contributed by atoms with Crippen molar-refractivity contribution in [2.75, 3.05) is 31.9 Å². The topological polar surface area (TPSA) is 84.5 Å². The molecule has 26 heavy (non-hydrogen) atoms. The smallest absolute Gasteiger partial charge is 0.244 e. The first-order valence-electron chi connectivity index (χ1n) is 9.80. The second-order valence-corrected chi connectivity index (χ2v) is 8.50. The molecule has 0 aromatic carbocycles. The molecule has 1 aromatic heterocycles. The number of aryl methyl sites for hydroxylation is 1. The lowest BCUT2D eigenvalue weighted by atomic mass is 9.73. The highest BCUT2D eigenvalue weighted by Crippen LogP contribution is 2.40. The standard InChI is InChI=1S/C19H29N5O2/c1-14-9-16(20)24(21-14)11-18(26)22-8-2-6-19(12-22)7-5-17(25)23(13-19)10-15-3-4-15/h9,15H,2-8,10-13,20H2,1H3/t19-/m0/s1. The fourth-order valence-corrected chi connectivity index (χ4v) is 4.55. The number of hydrogen-bond donors (Lipinski definition) is 1. The number of hydrogen-bond acceptors (Lipinski definition) is 4. The van der Waals surface area contributed by atoms with E-state index in [1.165, 1.54) is 12.8 Å². The fraction of sp³-hybridized carbons (Fsp3) is 0.737. The molecule has 1 atom stereocenters. The third-order valence-corrected chi connectivity index (χ3v) is 6.16. The number of nitrogen functional groups attached to an aromatic ring is 1. The van der Waals surface area contributed by atoms with E-state index in [4.69, 9.17) is 5.73 Å². The highest BCUT2D eigenvalue weighted by atomic mass is 16.2. The van der Waals surface area contributed by atoms with Crippen LogP contribution in [0.4, 0.5) is 5.82 Å². The van der Waals surface area contributed by atoms with Crippen molar-refractivity contribution in [2.24, 2.45) is 11.3 Å². The molecule has 0 radical (unpaired) electrons. The molecule has 2 saturated heterocycles. The van der Waals surface area contributed by atoms with Gasteiger partial charge >= 0.3 is 0 Å². The van der Waals surface area contributed by atoms with Gasteiger partial charge in [0.15, 0.2) is 0 Å². The first-order chi connectivity index (χ1) is 12.4. The molecule has 1 spiro atoms. The van der Waals surface area contributed by atoms with Gasteiger partial charge in [-0.25, -0.2) is 4.68 Å². The monoisotopic (exact) mass is 359 g/mol. The van der Waals surface area contributed by atoms with Crippen LogP contribution in [-0.2, 0) is 16.1 Å². The van der Waals surface area contributed by atoms with Crippen molar-refractivity contribution in [3.63, 3.8) is 0 Å². The molecule has 1 aromatic rings. The molecule has 2 aliphatic heterocycles. The molecule has 2 amide bonds. The van der Waals surface area contributed by atoms with Gasteiger partial charge in [-0.2, -0.15) is 5.10 Å². The molecular weight excluding hydrogens is 330 g/mol. The lowest BCUT2D eigenvalue weighted by Gasteiger charge is -2.48. The van der Waals surface area contributed by atoms with Gasteiger partial charge in [0.2, 0.25) is 11.8 Å². The highest BCUT2D eigenvalue weighted by Gasteiger charge is 2.43. The van der Waals surface area contributed by atoms with E-state index in [9.17, 15) is 9.59 Å². The molecule has 1 aliphatic carbocycles. The quantitative estimate of drug-likeness (QED) is 0.881. The zero-order chi connectivity index (χ0) is 18.3. The predicted molar refractivity (Wildman–Crippen MR) is 98.2 cm³/mol. The third kappa shape index (κ3) is 3.57. The van der Waals surface area contributed by atoms with E-state index in [2.05, 4.69) is 10.00 Å². The number of anilines is 1. The van der Waals surface area contributed by atoms with Gasteiger partial charge in [-0.1, -0.05) is 0 Å². The minimum Gasteiger partial charge on any atom is -0.384 e. The largest absolute Gasteiger partial charge is 0.384 e. The Labute approximate surface area is 154 Å². The summed E-state index contributed by atoms with van der Waals surface area (Å²) in [4.78, 5) is 29.2. The summed E-state index contributed by atoms with van der Waals surface area (Å²) in [6.45, 7) is 5.34. The number of nitrogens with zero attached hydrogens (tertiary/aromatic N) is 4. The van der Waals surface area contributed by atoms with E-state index in [1.54, 1.807) is 10.7 Å². The fourth-order valence-electron chi connectivity index (χ4n) is 4.55. The van der Waals surface area contributed by atoms with Crippen LogP contribution in [0.5, 0.6) is 0 Å². The molecule has 3 heterocycles. The molecule has 7 nitrogen and oxygen atoms in total. The van der Waals surface area contributed by atoms with Crippen molar-refractivity contribution in [1.82, 2.24) is 19.6 Å². The number of nitrogens with two attached hydrogens (primary N) is 1. The average Bonchev–Trinajstić information content (AvgIpc) is 3.36. The summed E-state index contributed by atoms with van der Waals surface area (Å²) in [5.41, 5.74) is 6.82. The molecule has 0 bridgehead atoms. The van der Waals surface area contributed by atoms with Crippen LogP contribution in [0.2, 0.25) is 0 Å². The zero-order valence-corrected chi connectivity index (χ0v) is 15.6. The van der Waals surface area contributed by atoms with Crippen molar-refractivity contribution in [3.8, 4) is 0 Å². The summed E-state index contributed by atoms with van der Waals surface area (Å²) in [6, 6.07) is 1.79. The Morgan fingerprint density at radius 2 is 2.15 bits per heavy atom. The lowest BCUT2D eigenvalue weighted by molar-refractivity contribution is -0.143. The number of aromatic nitrogens is 2. The predicted octanol–water partition coefficient (Wildman–Crippen LogP) is 1.41. The molecule has 1 saturated carbocycles. The van der Waals surface area contributed by atoms with E-state index in [-0.39, 0.29) is 17.9 Å². The summed E-state index contributed by atoms with van der Waals surface area (Å²) in [6.07, 6.45) is 6.15. The second-order valence-electron chi connectivity index (χ2n) is 8.50. The van der Waals surface area contributed by atoms with Gasteiger partial charge in [0.05, 0.1) is 5.69 Å². The van der Waals surface area contributed by atoms with Gasteiger partial charge in [-0.05, 0) is 44.9 Å². The van der Waals surface area contributed by atoms with Gasteiger partial charge in [-0.15, -0.1) is 0 Å². The molecular formula is C19H29N5O2. The summed E-state index contributed by atoms with van der Waals surface area (Å²) in [7, 11) is 0. The molecule has 0 unspecified atom stereocenters. The van der Waals surface area contributed by atoms with E-state index < -0.39 is 0 Å². The first kappa shape index (κ1) is 17.4. The highest BCUT2D eigenvalue weighted by molar-refractivity contribution is 5.78. The van der Waals surface area contributed by atoms with Gasteiger partial charge < -0.3 is 15.5 Å². The Morgan fingerprint density at radius 1 is 1.35 bits per heavy atom. The Balaban J connectivity index is 1.42. The van der Waals surface area contributed by atoms with Crippen LogP contribution in [0.15, 0.2) is 6.07 Å². The molecule has 3 fully saturated rings. The van der Waals surface area contributed by atoms with Gasteiger partial charge in [-0.3, -0.25) is 9.59 Å². The number of carbonyl (C=O) groups excluding carboxylic acids is 2. The normalized spacial score (nSPS) is 26.6. The number of piperidine rings is 2. The second kappa shape index (κ2) is 6.59. The van der Waals surface area contributed by atoms with E-state index in [0.717, 1.165) is 51.1 Å². The third-order valence-electron chi connectivity index (χ3n) is 6.16. The van der Waals surface area contributed by atoms with Crippen LogP contribution in [-0.4, -0.2) is 57.6 Å². The maximum absolute atomic E-state index is 12.8. The van der Waals surface area contributed by atoms with E-state index in [1.807, 2.05) is 11.8 Å². The maximum atomic E-state index is 12.8. The first-order valence-corrected chi connectivity index (χ1v) is 9.80. The summed E-state index contributed by atoms with van der Waals surface area (Å²) < 4.78 is 1.59. The molecule has 142 valence electrons. The van der Waals surface area contributed by atoms with Crippen molar-refractivity contribution in [1.29, 1.82) is 0 Å². The van der Waals surface area contributed by atoms with Gasteiger partial charge in [0, 0.05) is 44.1 Å². The lowest BCUT2D eigenvalue weighted by Crippen LogP contribution is -2.55. The van der Waals surface area contributed by atoms with Crippen LogP contribution in [0.3, 0.4) is 0 Å². The number of amides is 2. The molecule has 7 heteroatoms. The Morgan fingerprint density at radius 3 is 2.85 bits per heavy atom. The van der Waals surface area contributed by atoms with Crippen molar-refractivity contribution < 1.29 is 9.59 Å². The Bertz CT molecular complexity index is 711. The average molecular weight is 359 g/mol. The number of likely N-dealkylation sites (tertiary alicyclic amines) is 2. The summed E-state index contributed by atoms with van der Waals surface area (Å²) in [5.74, 6) is 1.61. The van der Waals surface area contributed by atoms with Gasteiger partial charge in [0.25, 0.3) is 0 Å². The van der Waals surface area contributed by atoms with Crippen LogP contribution in [0.1, 0.15) is 44.2 Å². The van der Waals surface area contributed by atoms with E-state index >= 15 is 0 Å². The van der Waals surface area contributed by atoms with Crippen molar-refractivity contribution >= 4 is 17.6 Å². The Kier molecular flexibility index (Phi) is 4.40. The van der Waals surface area contributed by atoms with Crippen LogP contribution in [0, 0.1) is 18.3 Å². The van der Waals surface area contributed by atoms with Gasteiger partial charge in [0.1, 0.15) is 12.4 Å². The minimum absolute atomic E-state index is 0.0717. The zero-order valence-electron chi connectivity index (χ0n) is 15.6. The van der Waals surface area contributed by atoms with Crippen LogP contribution in [0.25, 0.3) is 0 Å². The molecule has 2 N–H and O–H groups in total. The maximum Gasteiger partial charge on any atom is 0.244 e. The number of carbonyl (C=O) groups is 2.